The zero-order valence-corrected chi connectivity index (χ0v) is 11.4. The van der Waals surface area contributed by atoms with Gasteiger partial charge in [-0.3, -0.25) is 0 Å². The molecule has 0 spiro atoms. The van der Waals surface area contributed by atoms with Gasteiger partial charge in [-0.05, 0) is 29.7 Å². The van der Waals surface area contributed by atoms with Crippen LogP contribution in [0.1, 0.15) is 32.6 Å². The highest BCUT2D eigenvalue weighted by Gasteiger charge is 2.00. The second kappa shape index (κ2) is 6.31. The quantitative estimate of drug-likeness (QED) is 0.477. The van der Waals surface area contributed by atoms with Gasteiger partial charge in [-0.2, -0.15) is 0 Å². The zero-order chi connectivity index (χ0) is 11.2. The lowest BCUT2D eigenvalue weighted by Gasteiger charge is -1.97. The second-order valence-electron chi connectivity index (χ2n) is 4.01. The Morgan fingerprint density at radius 1 is 1.12 bits per heavy atom. The molecule has 0 saturated carbocycles. The Morgan fingerprint density at radius 2 is 2.00 bits per heavy atom. The van der Waals surface area contributed by atoms with E-state index >= 15 is 0 Å². The van der Waals surface area contributed by atoms with E-state index in [1.807, 2.05) is 23.1 Å². The molecule has 0 unspecified atom stereocenters. The van der Waals surface area contributed by atoms with Gasteiger partial charge >= 0.3 is 0 Å². The zero-order valence-electron chi connectivity index (χ0n) is 9.74. The third-order valence-electron chi connectivity index (χ3n) is 2.65. The van der Waals surface area contributed by atoms with Crippen LogP contribution in [0.25, 0.3) is 10.1 Å². The van der Waals surface area contributed by atoms with Crippen LogP contribution in [0.15, 0.2) is 34.5 Å². The fourth-order valence-corrected chi connectivity index (χ4v) is 4.04. The van der Waals surface area contributed by atoms with E-state index in [-0.39, 0.29) is 0 Å². The fraction of sp³-hybridized carbons (Fsp3) is 0.429. The fourth-order valence-electron chi connectivity index (χ4n) is 1.73. The normalized spacial score (nSPS) is 11.1. The van der Waals surface area contributed by atoms with E-state index in [4.69, 9.17) is 0 Å². The Bertz CT molecular complexity index is 398. The summed E-state index contributed by atoms with van der Waals surface area (Å²) in [5, 5.41) is 1.39. The average Bonchev–Trinajstić information content (AvgIpc) is 2.71. The monoisotopic (exact) mass is 250 g/mol. The molecular weight excluding hydrogens is 232 g/mol. The third kappa shape index (κ3) is 3.26. The summed E-state index contributed by atoms with van der Waals surface area (Å²) in [5.74, 6) is 1.27. The summed E-state index contributed by atoms with van der Waals surface area (Å²) >= 11 is 3.94. The molecule has 0 bridgehead atoms. The van der Waals surface area contributed by atoms with E-state index in [0.717, 1.165) is 0 Å². The molecule has 0 aliphatic carbocycles. The van der Waals surface area contributed by atoms with Crippen molar-refractivity contribution in [1.82, 2.24) is 0 Å². The number of benzene rings is 1. The van der Waals surface area contributed by atoms with Gasteiger partial charge in [0.1, 0.15) is 0 Å². The molecule has 2 aromatic rings. The topological polar surface area (TPSA) is 0 Å². The SMILES string of the molecule is CCCCCCSc1cc2ccccc2s1. The summed E-state index contributed by atoms with van der Waals surface area (Å²) in [6.45, 7) is 2.26. The lowest BCUT2D eigenvalue weighted by atomic mass is 10.2. The first-order valence-electron chi connectivity index (χ1n) is 6.01. The number of hydrogen-bond donors (Lipinski definition) is 0. The highest BCUT2D eigenvalue weighted by atomic mass is 32.2. The van der Waals surface area contributed by atoms with Crippen LogP contribution in [-0.4, -0.2) is 5.75 Å². The molecule has 0 radical (unpaired) electrons. The van der Waals surface area contributed by atoms with Crippen LogP contribution in [0.5, 0.6) is 0 Å². The third-order valence-corrected chi connectivity index (χ3v) is 5.05. The predicted molar refractivity (Wildman–Crippen MR) is 76.7 cm³/mol. The van der Waals surface area contributed by atoms with Gasteiger partial charge in [0.15, 0.2) is 0 Å². The minimum Gasteiger partial charge on any atom is -0.129 e. The number of thiophene rings is 1. The summed E-state index contributed by atoms with van der Waals surface area (Å²) in [6, 6.07) is 11.0. The van der Waals surface area contributed by atoms with Gasteiger partial charge in [0.05, 0.1) is 4.21 Å². The van der Waals surface area contributed by atoms with Gasteiger partial charge in [-0.25, -0.2) is 0 Å². The number of fused-ring (bicyclic) bond motifs is 1. The van der Waals surface area contributed by atoms with Gasteiger partial charge in [-0.15, -0.1) is 23.1 Å². The van der Waals surface area contributed by atoms with Crippen molar-refractivity contribution >= 4 is 33.2 Å². The van der Waals surface area contributed by atoms with Crippen molar-refractivity contribution in [1.29, 1.82) is 0 Å². The van der Waals surface area contributed by atoms with Crippen molar-refractivity contribution in [2.24, 2.45) is 0 Å². The Labute approximate surface area is 106 Å². The van der Waals surface area contributed by atoms with Crippen molar-refractivity contribution < 1.29 is 0 Å². The standard InChI is InChI=1S/C14H18S2/c1-2-3-4-7-10-15-14-11-12-8-5-6-9-13(12)16-14/h5-6,8-9,11H,2-4,7,10H2,1H3. The molecule has 0 fully saturated rings. The summed E-state index contributed by atoms with van der Waals surface area (Å²) in [4.78, 5) is 0. The van der Waals surface area contributed by atoms with E-state index < -0.39 is 0 Å². The largest absolute Gasteiger partial charge is 0.129 e. The van der Waals surface area contributed by atoms with E-state index in [0.29, 0.717) is 0 Å². The minimum atomic E-state index is 1.27. The van der Waals surface area contributed by atoms with Gasteiger partial charge in [-0.1, -0.05) is 44.4 Å². The molecular formula is C14H18S2. The van der Waals surface area contributed by atoms with Gasteiger partial charge < -0.3 is 0 Å². The maximum atomic E-state index is 2.32. The first-order valence-corrected chi connectivity index (χ1v) is 7.81. The molecule has 1 aromatic heterocycles. The molecule has 2 rings (SSSR count). The molecule has 0 atom stereocenters. The summed E-state index contributed by atoms with van der Waals surface area (Å²) < 4.78 is 2.89. The van der Waals surface area contributed by atoms with Crippen LogP contribution in [0.2, 0.25) is 0 Å². The Morgan fingerprint density at radius 3 is 2.81 bits per heavy atom. The lowest BCUT2D eigenvalue weighted by molar-refractivity contribution is 0.706. The Hall–Kier alpha value is -0.470. The van der Waals surface area contributed by atoms with E-state index in [2.05, 4.69) is 37.3 Å². The average molecular weight is 250 g/mol. The molecule has 0 saturated heterocycles. The highest BCUT2D eigenvalue weighted by Crippen LogP contribution is 2.33. The van der Waals surface area contributed by atoms with Crippen LogP contribution in [0, 0.1) is 0 Å². The summed E-state index contributed by atoms with van der Waals surface area (Å²) in [7, 11) is 0. The number of hydrogen-bond acceptors (Lipinski definition) is 2. The van der Waals surface area contributed by atoms with E-state index in [9.17, 15) is 0 Å². The minimum absolute atomic E-state index is 1.27. The smallest absolute Gasteiger partial charge is 0.0611 e. The second-order valence-corrected chi connectivity index (χ2v) is 6.49. The lowest BCUT2D eigenvalue weighted by Crippen LogP contribution is -1.78. The maximum absolute atomic E-state index is 2.32. The van der Waals surface area contributed by atoms with Crippen LogP contribution in [-0.2, 0) is 0 Å². The van der Waals surface area contributed by atoms with Crippen molar-refractivity contribution in [2.75, 3.05) is 5.75 Å². The van der Waals surface area contributed by atoms with Crippen molar-refractivity contribution in [2.45, 2.75) is 36.8 Å². The molecule has 2 heteroatoms. The maximum Gasteiger partial charge on any atom is 0.0611 e. The molecule has 0 amide bonds. The summed E-state index contributed by atoms with van der Waals surface area (Å²) in [6.07, 6.45) is 5.45. The molecule has 1 aromatic carbocycles. The van der Waals surface area contributed by atoms with Gasteiger partial charge in [0.2, 0.25) is 0 Å². The molecule has 1 heterocycles. The number of rotatable bonds is 6. The van der Waals surface area contributed by atoms with Crippen molar-refractivity contribution in [3.8, 4) is 0 Å². The highest BCUT2D eigenvalue weighted by molar-refractivity contribution is 8.01. The van der Waals surface area contributed by atoms with Crippen molar-refractivity contribution in [3.63, 3.8) is 0 Å². The van der Waals surface area contributed by atoms with Crippen molar-refractivity contribution in [3.05, 3.63) is 30.3 Å². The molecule has 16 heavy (non-hydrogen) atoms. The van der Waals surface area contributed by atoms with Crippen LogP contribution >= 0.6 is 23.1 Å². The molecule has 0 nitrogen and oxygen atoms in total. The van der Waals surface area contributed by atoms with Gasteiger partial charge in [0.25, 0.3) is 0 Å². The first kappa shape index (κ1) is 12.0. The molecule has 0 N–H and O–H groups in total. The van der Waals surface area contributed by atoms with Gasteiger partial charge in [0, 0.05) is 4.70 Å². The Balaban J connectivity index is 1.85. The Kier molecular flexibility index (Phi) is 4.73. The predicted octanol–water partition coefficient (Wildman–Crippen LogP) is 5.57. The molecule has 86 valence electrons. The van der Waals surface area contributed by atoms with Crippen LogP contribution in [0.4, 0.5) is 0 Å². The summed E-state index contributed by atoms with van der Waals surface area (Å²) in [5.41, 5.74) is 0. The molecule has 0 aliphatic rings. The number of thioether (sulfide) groups is 1. The first-order chi connectivity index (χ1) is 7.90. The van der Waals surface area contributed by atoms with E-state index in [1.165, 1.54) is 45.7 Å². The molecule has 0 aliphatic heterocycles. The van der Waals surface area contributed by atoms with Crippen LogP contribution in [0.3, 0.4) is 0 Å². The van der Waals surface area contributed by atoms with E-state index in [1.54, 1.807) is 0 Å². The van der Waals surface area contributed by atoms with Crippen LogP contribution < -0.4 is 0 Å². The number of unbranched alkanes of at least 4 members (excludes halogenated alkanes) is 3.